The van der Waals surface area contributed by atoms with E-state index in [2.05, 4.69) is 10.4 Å². The third-order valence-electron chi connectivity index (χ3n) is 3.82. The SMILES string of the molecule is COc1cc(NC(=O)COC(=O)c2ccc(Cn3cccn3)o2)c(OC)cc1Cl. The first kappa shape index (κ1) is 20.3. The van der Waals surface area contributed by atoms with E-state index in [1.165, 1.54) is 32.4 Å². The predicted molar refractivity (Wildman–Crippen MR) is 104 cm³/mol. The molecule has 0 spiro atoms. The lowest BCUT2D eigenvalue weighted by molar-refractivity contribution is -0.119. The third kappa shape index (κ3) is 5.08. The lowest BCUT2D eigenvalue weighted by Gasteiger charge is -2.13. The average Bonchev–Trinajstić information content (AvgIpc) is 3.39. The Hall–Kier alpha value is -3.46. The first-order valence-corrected chi connectivity index (χ1v) is 8.82. The first-order chi connectivity index (χ1) is 14.0. The number of amides is 1. The molecule has 10 heteroatoms. The summed E-state index contributed by atoms with van der Waals surface area (Å²) < 4.78 is 22.4. The zero-order valence-corrected chi connectivity index (χ0v) is 16.4. The molecule has 1 amide bonds. The van der Waals surface area contributed by atoms with Crippen LogP contribution in [-0.4, -0.2) is 42.5 Å². The molecule has 152 valence electrons. The van der Waals surface area contributed by atoms with Crippen molar-refractivity contribution in [2.24, 2.45) is 0 Å². The number of rotatable bonds is 8. The van der Waals surface area contributed by atoms with Crippen molar-refractivity contribution < 1.29 is 28.2 Å². The summed E-state index contributed by atoms with van der Waals surface area (Å²) in [5.74, 6) is -0.101. The Morgan fingerprint density at radius 1 is 1.21 bits per heavy atom. The van der Waals surface area contributed by atoms with Crippen LogP contribution >= 0.6 is 11.6 Å². The Morgan fingerprint density at radius 3 is 2.69 bits per heavy atom. The monoisotopic (exact) mass is 419 g/mol. The summed E-state index contributed by atoms with van der Waals surface area (Å²) in [6, 6.07) is 7.92. The van der Waals surface area contributed by atoms with E-state index in [1.807, 2.05) is 0 Å². The lowest BCUT2D eigenvalue weighted by atomic mass is 10.2. The van der Waals surface area contributed by atoms with Gasteiger partial charge in [-0.25, -0.2) is 4.79 Å². The molecule has 0 radical (unpaired) electrons. The number of aromatic nitrogens is 2. The van der Waals surface area contributed by atoms with Crippen LogP contribution in [0.25, 0.3) is 0 Å². The fraction of sp³-hybridized carbons (Fsp3) is 0.211. The summed E-state index contributed by atoms with van der Waals surface area (Å²) in [5, 5.41) is 6.97. The van der Waals surface area contributed by atoms with Crippen molar-refractivity contribution in [1.82, 2.24) is 9.78 Å². The van der Waals surface area contributed by atoms with Crippen molar-refractivity contribution in [3.8, 4) is 11.5 Å². The zero-order valence-electron chi connectivity index (χ0n) is 15.7. The predicted octanol–water partition coefficient (Wildman–Crippen LogP) is 2.99. The maximum absolute atomic E-state index is 12.2. The van der Waals surface area contributed by atoms with E-state index in [9.17, 15) is 9.59 Å². The van der Waals surface area contributed by atoms with Crippen LogP contribution in [0.5, 0.6) is 11.5 Å². The van der Waals surface area contributed by atoms with Crippen LogP contribution in [0.15, 0.2) is 47.1 Å². The molecule has 1 N–H and O–H groups in total. The van der Waals surface area contributed by atoms with Gasteiger partial charge in [-0.2, -0.15) is 5.10 Å². The molecule has 0 bridgehead atoms. The van der Waals surface area contributed by atoms with Gasteiger partial charge in [-0.05, 0) is 18.2 Å². The van der Waals surface area contributed by atoms with Gasteiger partial charge in [0.05, 0.1) is 31.5 Å². The van der Waals surface area contributed by atoms with Gasteiger partial charge in [0.15, 0.2) is 6.61 Å². The molecule has 0 aliphatic rings. The maximum Gasteiger partial charge on any atom is 0.374 e. The molecule has 2 heterocycles. The molecular weight excluding hydrogens is 402 g/mol. The van der Waals surface area contributed by atoms with Gasteiger partial charge in [0.25, 0.3) is 5.91 Å². The van der Waals surface area contributed by atoms with Crippen LogP contribution in [-0.2, 0) is 16.1 Å². The largest absolute Gasteiger partial charge is 0.495 e. The number of nitrogens with zero attached hydrogens (tertiary/aromatic N) is 2. The zero-order chi connectivity index (χ0) is 20.8. The van der Waals surface area contributed by atoms with E-state index >= 15 is 0 Å². The Labute approximate surface area is 171 Å². The van der Waals surface area contributed by atoms with Crippen molar-refractivity contribution in [2.45, 2.75) is 6.54 Å². The number of anilines is 1. The van der Waals surface area contributed by atoms with Gasteiger partial charge in [-0.1, -0.05) is 11.6 Å². The number of ether oxygens (including phenoxy) is 3. The fourth-order valence-electron chi connectivity index (χ4n) is 2.47. The number of halogens is 1. The van der Waals surface area contributed by atoms with E-state index in [-0.39, 0.29) is 5.76 Å². The van der Waals surface area contributed by atoms with Crippen molar-refractivity contribution in [3.63, 3.8) is 0 Å². The molecular formula is C19H18ClN3O6. The summed E-state index contributed by atoms with van der Waals surface area (Å²) in [5.41, 5.74) is 0.328. The summed E-state index contributed by atoms with van der Waals surface area (Å²) in [4.78, 5) is 24.3. The number of methoxy groups -OCH3 is 2. The summed E-state index contributed by atoms with van der Waals surface area (Å²) >= 11 is 6.03. The van der Waals surface area contributed by atoms with Gasteiger partial charge in [0, 0.05) is 24.5 Å². The van der Waals surface area contributed by atoms with Crippen molar-refractivity contribution in [1.29, 1.82) is 0 Å². The van der Waals surface area contributed by atoms with Crippen molar-refractivity contribution >= 4 is 29.2 Å². The topological polar surface area (TPSA) is 105 Å². The first-order valence-electron chi connectivity index (χ1n) is 8.44. The van der Waals surface area contributed by atoms with Crippen LogP contribution in [0, 0.1) is 0 Å². The van der Waals surface area contributed by atoms with E-state index in [4.69, 9.17) is 30.2 Å². The highest BCUT2D eigenvalue weighted by Crippen LogP contribution is 2.35. The quantitative estimate of drug-likeness (QED) is 0.559. The normalized spacial score (nSPS) is 10.4. The molecule has 3 aromatic rings. The van der Waals surface area contributed by atoms with Crippen LogP contribution < -0.4 is 14.8 Å². The van der Waals surface area contributed by atoms with Gasteiger partial charge in [0.2, 0.25) is 5.76 Å². The number of nitrogens with one attached hydrogen (secondary N) is 1. The van der Waals surface area contributed by atoms with Crippen LogP contribution in [0.4, 0.5) is 5.69 Å². The van der Waals surface area contributed by atoms with E-state index in [0.717, 1.165) is 0 Å². The molecule has 29 heavy (non-hydrogen) atoms. The van der Waals surface area contributed by atoms with Crippen molar-refractivity contribution in [2.75, 3.05) is 26.1 Å². The number of furan rings is 1. The number of benzene rings is 1. The second-order valence-electron chi connectivity index (χ2n) is 5.78. The number of esters is 1. The average molecular weight is 420 g/mol. The molecule has 3 rings (SSSR count). The molecule has 0 atom stereocenters. The van der Waals surface area contributed by atoms with Gasteiger partial charge in [-0.15, -0.1) is 0 Å². The number of hydrogen-bond acceptors (Lipinski definition) is 7. The number of hydrogen-bond donors (Lipinski definition) is 1. The van der Waals surface area contributed by atoms with E-state index in [1.54, 1.807) is 29.2 Å². The summed E-state index contributed by atoms with van der Waals surface area (Å²) in [6.45, 7) is -0.138. The highest BCUT2D eigenvalue weighted by Gasteiger charge is 2.17. The van der Waals surface area contributed by atoms with Crippen LogP contribution in [0.3, 0.4) is 0 Å². The Bertz CT molecular complexity index is 1000. The van der Waals surface area contributed by atoms with Gasteiger partial charge >= 0.3 is 5.97 Å². The minimum Gasteiger partial charge on any atom is -0.495 e. The Balaban J connectivity index is 1.57. The molecule has 0 aliphatic carbocycles. The number of carbonyl (C=O) groups is 2. The minimum atomic E-state index is -0.757. The summed E-state index contributed by atoms with van der Waals surface area (Å²) in [6.07, 6.45) is 3.41. The molecule has 0 unspecified atom stereocenters. The molecule has 0 saturated carbocycles. The molecule has 2 aromatic heterocycles. The molecule has 1 aromatic carbocycles. The van der Waals surface area contributed by atoms with Crippen LogP contribution in [0.2, 0.25) is 5.02 Å². The lowest BCUT2D eigenvalue weighted by Crippen LogP contribution is -2.21. The maximum atomic E-state index is 12.2. The molecule has 0 fully saturated rings. The second-order valence-corrected chi connectivity index (χ2v) is 6.19. The third-order valence-corrected chi connectivity index (χ3v) is 4.12. The van der Waals surface area contributed by atoms with Crippen LogP contribution in [0.1, 0.15) is 16.3 Å². The summed E-state index contributed by atoms with van der Waals surface area (Å²) in [7, 11) is 2.89. The van der Waals surface area contributed by atoms with Crippen molar-refractivity contribution in [3.05, 3.63) is 59.3 Å². The highest BCUT2D eigenvalue weighted by molar-refractivity contribution is 6.32. The van der Waals surface area contributed by atoms with Gasteiger partial charge in [-0.3, -0.25) is 9.48 Å². The van der Waals surface area contributed by atoms with E-state index in [0.29, 0.717) is 34.5 Å². The van der Waals surface area contributed by atoms with Gasteiger partial charge < -0.3 is 23.9 Å². The molecule has 0 aliphatic heterocycles. The second kappa shape index (κ2) is 9.16. The van der Waals surface area contributed by atoms with E-state index < -0.39 is 18.5 Å². The van der Waals surface area contributed by atoms with Gasteiger partial charge in [0.1, 0.15) is 17.3 Å². The fourth-order valence-corrected chi connectivity index (χ4v) is 2.70. The molecule has 0 saturated heterocycles. The Morgan fingerprint density at radius 2 is 2.00 bits per heavy atom. The smallest absolute Gasteiger partial charge is 0.374 e. The number of carbonyl (C=O) groups excluding carboxylic acids is 2. The minimum absolute atomic E-state index is 0.00861. The standard InChI is InChI=1S/C19H18ClN3O6/c1-26-16-9-14(17(27-2)8-13(16)20)22-18(24)11-28-19(25)15-5-4-12(29-15)10-23-7-3-6-21-23/h3-9H,10-11H2,1-2H3,(H,22,24). The highest BCUT2D eigenvalue weighted by atomic mass is 35.5. The molecule has 9 nitrogen and oxygen atoms in total. The Kier molecular flexibility index (Phi) is 6.40.